The molecule has 0 saturated heterocycles. The van der Waals surface area contributed by atoms with Crippen molar-refractivity contribution in [3.05, 3.63) is 23.8 Å². The number of benzene rings is 1. The second-order valence-electron chi connectivity index (χ2n) is 5.25. The number of rotatable bonds is 4. The van der Waals surface area contributed by atoms with Gasteiger partial charge in [0.05, 0.1) is 20.3 Å². The maximum absolute atomic E-state index is 13.2. The molecule has 0 aliphatic heterocycles. The monoisotopic (exact) mass is 286 g/mol. The van der Waals surface area contributed by atoms with Crippen LogP contribution in [0.4, 0.5) is 8.78 Å². The molecule has 1 fully saturated rings. The summed E-state index contributed by atoms with van der Waals surface area (Å²) in [4.78, 5) is 0. The van der Waals surface area contributed by atoms with E-state index < -0.39 is 12.0 Å². The van der Waals surface area contributed by atoms with Crippen LogP contribution in [0, 0.1) is 5.92 Å². The fourth-order valence-electron chi connectivity index (χ4n) is 2.70. The Hall–Kier alpha value is -1.36. The van der Waals surface area contributed by atoms with Crippen LogP contribution in [0.3, 0.4) is 0 Å². The van der Waals surface area contributed by atoms with E-state index in [1.165, 1.54) is 7.11 Å². The van der Waals surface area contributed by atoms with Crippen molar-refractivity contribution in [2.75, 3.05) is 14.2 Å². The van der Waals surface area contributed by atoms with Crippen LogP contribution in [0.25, 0.3) is 0 Å². The van der Waals surface area contributed by atoms with Crippen molar-refractivity contribution in [1.82, 2.24) is 0 Å². The predicted molar refractivity (Wildman–Crippen MR) is 71.4 cm³/mol. The molecule has 0 heterocycles. The highest BCUT2D eigenvalue weighted by Gasteiger charge is 2.38. The summed E-state index contributed by atoms with van der Waals surface area (Å²) in [6, 6.07) is 5.16. The van der Waals surface area contributed by atoms with Gasteiger partial charge in [0.15, 0.2) is 0 Å². The van der Waals surface area contributed by atoms with Gasteiger partial charge in [-0.2, -0.15) is 0 Å². The first kappa shape index (κ1) is 15.0. The molecule has 0 radical (unpaired) electrons. The van der Waals surface area contributed by atoms with Gasteiger partial charge in [0.25, 0.3) is 0 Å². The Balaban J connectivity index is 2.18. The third-order valence-electron chi connectivity index (χ3n) is 3.96. The van der Waals surface area contributed by atoms with Crippen LogP contribution in [0.1, 0.15) is 37.4 Å². The molecule has 1 unspecified atom stereocenters. The molecule has 1 aliphatic rings. The number of aliphatic hydroxyl groups is 1. The Morgan fingerprint density at radius 2 is 1.85 bits per heavy atom. The Morgan fingerprint density at radius 1 is 1.20 bits per heavy atom. The van der Waals surface area contributed by atoms with E-state index in [1.807, 2.05) is 0 Å². The average Bonchev–Trinajstić information content (AvgIpc) is 2.45. The third-order valence-corrected chi connectivity index (χ3v) is 3.96. The van der Waals surface area contributed by atoms with Crippen LogP contribution < -0.4 is 9.47 Å². The van der Waals surface area contributed by atoms with Gasteiger partial charge in [-0.25, -0.2) is 8.78 Å². The second kappa shape index (κ2) is 5.95. The van der Waals surface area contributed by atoms with Crippen LogP contribution in [0.2, 0.25) is 0 Å². The van der Waals surface area contributed by atoms with Crippen LogP contribution in [-0.4, -0.2) is 25.2 Å². The first-order chi connectivity index (χ1) is 9.46. The number of ether oxygens (including phenoxy) is 2. The summed E-state index contributed by atoms with van der Waals surface area (Å²) in [6.45, 7) is 0. The fraction of sp³-hybridized carbons (Fsp3) is 0.600. The van der Waals surface area contributed by atoms with Gasteiger partial charge in [-0.05, 0) is 37.0 Å². The van der Waals surface area contributed by atoms with E-state index in [1.54, 1.807) is 25.3 Å². The minimum Gasteiger partial charge on any atom is -0.497 e. The summed E-state index contributed by atoms with van der Waals surface area (Å²) < 4.78 is 36.7. The molecule has 1 saturated carbocycles. The first-order valence-electron chi connectivity index (χ1n) is 6.74. The Morgan fingerprint density at radius 3 is 2.40 bits per heavy atom. The van der Waals surface area contributed by atoms with Crippen molar-refractivity contribution in [2.45, 2.75) is 37.7 Å². The van der Waals surface area contributed by atoms with E-state index in [9.17, 15) is 13.9 Å². The predicted octanol–water partition coefficient (Wildman–Crippen LogP) is 3.56. The lowest BCUT2D eigenvalue weighted by molar-refractivity contribution is -0.0629. The summed E-state index contributed by atoms with van der Waals surface area (Å²) >= 11 is 0. The normalized spacial score (nSPS) is 20.4. The molecule has 0 spiro atoms. The molecular formula is C15H20F2O3. The Labute approximate surface area is 117 Å². The molecule has 3 nitrogen and oxygen atoms in total. The first-order valence-corrected chi connectivity index (χ1v) is 6.74. The molecule has 1 aliphatic carbocycles. The lowest BCUT2D eigenvalue weighted by Gasteiger charge is -2.32. The molecule has 1 N–H and O–H groups in total. The van der Waals surface area contributed by atoms with Crippen LogP contribution in [-0.2, 0) is 0 Å². The molecule has 0 amide bonds. The maximum Gasteiger partial charge on any atom is 0.248 e. The zero-order valence-electron chi connectivity index (χ0n) is 11.7. The third kappa shape index (κ3) is 3.20. The Kier molecular flexibility index (Phi) is 4.48. The summed E-state index contributed by atoms with van der Waals surface area (Å²) in [6.07, 6.45) is -0.512. The molecule has 1 aromatic rings. The van der Waals surface area contributed by atoms with Gasteiger partial charge >= 0.3 is 0 Å². The van der Waals surface area contributed by atoms with Gasteiger partial charge < -0.3 is 14.6 Å². The van der Waals surface area contributed by atoms with Crippen molar-refractivity contribution >= 4 is 0 Å². The standard InChI is InChI=1S/C15H20F2O3/c1-19-11-3-4-13(20-2)12(9-11)14(18)10-5-7-15(16,17)8-6-10/h3-4,9-10,14,18H,5-8H2,1-2H3. The molecule has 20 heavy (non-hydrogen) atoms. The maximum atomic E-state index is 13.2. The lowest BCUT2D eigenvalue weighted by Crippen LogP contribution is -2.27. The Bertz CT molecular complexity index is 452. The number of aliphatic hydroxyl groups excluding tert-OH is 1. The highest BCUT2D eigenvalue weighted by Crippen LogP contribution is 2.43. The number of halogens is 2. The van der Waals surface area contributed by atoms with Crippen molar-refractivity contribution < 1.29 is 23.4 Å². The molecule has 0 bridgehead atoms. The zero-order valence-corrected chi connectivity index (χ0v) is 11.7. The van der Waals surface area contributed by atoms with E-state index in [4.69, 9.17) is 9.47 Å². The van der Waals surface area contributed by atoms with Crippen LogP contribution in [0.15, 0.2) is 18.2 Å². The number of alkyl halides is 2. The topological polar surface area (TPSA) is 38.7 Å². The van der Waals surface area contributed by atoms with Gasteiger partial charge in [-0.15, -0.1) is 0 Å². The molecule has 5 heteroatoms. The van der Waals surface area contributed by atoms with Gasteiger partial charge in [-0.1, -0.05) is 0 Å². The summed E-state index contributed by atoms with van der Waals surface area (Å²) in [5.41, 5.74) is 0.599. The van der Waals surface area contributed by atoms with E-state index in [2.05, 4.69) is 0 Å². The molecule has 0 aromatic heterocycles. The molecular weight excluding hydrogens is 266 g/mol. The molecule has 112 valence electrons. The van der Waals surface area contributed by atoms with Gasteiger partial charge in [0.2, 0.25) is 5.92 Å². The van der Waals surface area contributed by atoms with E-state index in [0.717, 1.165) is 0 Å². The van der Waals surface area contributed by atoms with Crippen molar-refractivity contribution in [3.8, 4) is 11.5 Å². The van der Waals surface area contributed by atoms with Crippen LogP contribution in [0.5, 0.6) is 11.5 Å². The summed E-state index contributed by atoms with van der Waals surface area (Å²) in [5.74, 6) is -1.60. The van der Waals surface area contributed by atoms with Gasteiger partial charge in [0.1, 0.15) is 11.5 Å². The highest BCUT2D eigenvalue weighted by atomic mass is 19.3. The van der Waals surface area contributed by atoms with E-state index >= 15 is 0 Å². The lowest BCUT2D eigenvalue weighted by atomic mass is 9.81. The van der Waals surface area contributed by atoms with Crippen molar-refractivity contribution in [2.24, 2.45) is 5.92 Å². The van der Waals surface area contributed by atoms with Crippen molar-refractivity contribution in [1.29, 1.82) is 0 Å². The van der Waals surface area contributed by atoms with Gasteiger partial charge in [0, 0.05) is 18.4 Å². The minimum absolute atomic E-state index is 0.166. The smallest absolute Gasteiger partial charge is 0.248 e. The average molecular weight is 286 g/mol. The number of methoxy groups -OCH3 is 2. The minimum atomic E-state index is -2.59. The largest absolute Gasteiger partial charge is 0.497 e. The molecule has 1 atom stereocenters. The number of hydrogen-bond donors (Lipinski definition) is 1. The van der Waals surface area contributed by atoms with Crippen molar-refractivity contribution in [3.63, 3.8) is 0 Å². The zero-order chi connectivity index (χ0) is 14.8. The van der Waals surface area contributed by atoms with E-state index in [0.29, 0.717) is 29.9 Å². The quantitative estimate of drug-likeness (QED) is 0.919. The van der Waals surface area contributed by atoms with Crippen LogP contribution >= 0.6 is 0 Å². The van der Waals surface area contributed by atoms with Gasteiger partial charge in [-0.3, -0.25) is 0 Å². The molecule has 1 aromatic carbocycles. The molecule has 2 rings (SSSR count). The van der Waals surface area contributed by atoms with E-state index in [-0.39, 0.29) is 18.8 Å². The summed E-state index contributed by atoms with van der Waals surface area (Å²) in [5, 5.41) is 10.5. The summed E-state index contributed by atoms with van der Waals surface area (Å²) in [7, 11) is 3.06. The highest BCUT2D eigenvalue weighted by molar-refractivity contribution is 5.42. The second-order valence-corrected chi connectivity index (χ2v) is 5.25. The number of hydrogen-bond acceptors (Lipinski definition) is 3. The SMILES string of the molecule is COc1ccc(OC)c(C(O)C2CCC(F)(F)CC2)c1. The fourth-order valence-corrected chi connectivity index (χ4v) is 2.70.